The summed E-state index contributed by atoms with van der Waals surface area (Å²) in [6, 6.07) is 3.07. The molecule has 1 aliphatic rings. The Morgan fingerprint density at radius 1 is 1.47 bits per heavy atom. The van der Waals surface area contributed by atoms with E-state index in [-0.39, 0.29) is 16.3 Å². The lowest BCUT2D eigenvalue weighted by molar-refractivity contribution is 0.0946. The quantitative estimate of drug-likeness (QED) is 0.831. The number of anilines is 1. The maximum absolute atomic E-state index is 11.9. The Morgan fingerprint density at radius 2 is 2.12 bits per heavy atom. The van der Waals surface area contributed by atoms with E-state index in [0.29, 0.717) is 22.8 Å². The highest BCUT2D eigenvalue weighted by atomic mass is 35.5. The van der Waals surface area contributed by atoms with Gasteiger partial charge >= 0.3 is 0 Å². The van der Waals surface area contributed by atoms with E-state index in [0.717, 1.165) is 12.8 Å². The number of nitrogens with one attached hydrogen (secondary N) is 1. The molecule has 3 N–H and O–H groups in total. The number of halogens is 2. The van der Waals surface area contributed by atoms with Gasteiger partial charge in [0, 0.05) is 12.1 Å². The molecule has 1 fully saturated rings. The number of benzene rings is 1. The molecule has 0 spiro atoms. The zero-order valence-electron chi connectivity index (χ0n) is 9.52. The first-order chi connectivity index (χ1) is 7.91. The first kappa shape index (κ1) is 12.5. The SMILES string of the molecule is CC1(CNC(=O)c2cc(N)c(Cl)c(Cl)c2)CC1. The molecule has 0 atom stereocenters. The lowest BCUT2D eigenvalue weighted by Crippen LogP contribution is -2.29. The van der Waals surface area contributed by atoms with Crippen molar-refractivity contribution in [3.63, 3.8) is 0 Å². The molecule has 2 rings (SSSR count). The minimum atomic E-state index is -0.164. The Labute approximate surface area is 110 Å². The third kappa shape index (κ3) is 2.85. The van der Waals surface area contributed by atoms with Crippen molar-refractivity contribution in [3.05, 3.63) is 27.7 Å². The second kappa shape index (κ2) is 4.39. The second-order valence-corrected chi connectivity index (χ2v) is 5.64. The van der Waals surface area contributed by atoms with Crippen LogP contribution in [0.3, 0.4) is 0 Å². The van der Waals surface area contributed by atoms with Crippen LogP contribution < -0.4 is 11.1 Å². The minimum absolute atomic E-state index is 0.164. The van der Waals surface area contributed by atoms with E-state index in [4.69, 9.17) is 28.9 Å². The van der Waals surface area contributed by atoms with Crippen LogP contribution in [0, 0.1) is 5.41 Å². The van der Waals surface area contributed by atoms with E-state index in [1.54, 1.807) is 6.07 Å². The Kier molecular flexibility index (Phi) is 3.23. The van der Waals surface area contributed by atoms with Crippen molar-refractivity contribution >= 4 is 34.8 Å². The zero-order chi connectivity index (χ0) is 12.6. The molecule has 0 radical (unpaired) electrons. The molecule has 17 heavy (non-hydrogen) atoms. The van der Waals surface area contributed by atoms with Gasteiger partial charge in [0.1, 0.15) is 0 Å². The van der Waals surface area contributed by atoms with Crippen LogP contribution in [0.25, 0.3) is 0 Å². The zero-order valence-corrected chi connectivity index (χ0v) is 11.0. The van der Waals surface area contributed by atoms with Crippen LogP contribution in [0.5, 0.6) is 0 Å². The Bertz CT molecular complexity index is 447. The largest absolute Gasteiger partial charge is 0.397 e. The summed E-state index contributed by atoms with van der Waals surface area (Å²) in [5.41, 5.74) is 6.70. The fourth-order valence-corrected chi connectivity index (χ4v) is 1.86. The Balaban J connectivity index is 2.08. The molecule has 0 aromatic heterocycles. The van der Waals surface area contributed by atoms with E-state index >= 15 is 0 Å². The average molecular weight is 273 g/mol. The molecular formula is C12H14Cl2N2O. The van der Waals surface area contributed by atoms with E-state index < -0.39 is 0 Å². The fraction of sp³-hybridized carbons (Fsp3) is 0.417. The van der Waals surface area contributed by atoms with Crippen molar-refractivity contribution in [1.82, 2.24) is 5.32 Å². The summed E-state index contributed by atoms with van der Waals surface area (Å²) in [7, 11) is 0. The molecule has 0 bridgehead atoms. The lowest BCUT2D eigenvalue weighted by atomic mass is 10.1. The van der Waals surface area contributed by atoms with E-state index in [9.17, 15) is 4.79 Å². The fourth-order valence-electron chi connectivity index (χ4n) is 1.53. The predicted octanol–water partition coefficient (Wildman–Crippen LogP) is 3.11. The van der Waals surface area contributed by atoms with Gasteiger partial charge in [-0.2, -0.15) is 0 Å². The molecule has 3 nitrogen and oxygen atoms in total. The summed E-state index contributed by atoms with van der Waals surface area (Å²) in [4.78, 5) is 11.9. The molecule has 1 aromatic carbocycles. The highest BCUT2D eigenvalue weighted by molar-refractivity contribution is 6.43. The Hall–Kier alpha value is -0.930. The van der Waals surface area contributed by atoms with Crippen LogP contribution in [0.4, 0.5) is 5.69 Å². The topological polar surface area (TPSA) is 55.1 Å². The second-order valence-electron chi connectivity index (χ2n) is 4.85. The first-order valence-corrected chi connectivity index (χ1v) is 6.20. The normalized spacial score (nSPS) is 16.6. The molecule has 0 saturated heterocycles. The molecule has 0 heterocycles. The molecular weight excluding hydrogens is 259 g/mol. The van der Waals surface area contributed by atoms with Crippen LogP contribution in [-0.2, 0) is 0 Å². The third-order valence-electron chi connectivity index (χ3n) is 3.10. The van der Waals surface area contributed by atoms with Gasteiger partial charge in [-0.3, -0.25) is 4.79 Å². The molecule has 0 unspecified atom stereocenters. The van der Waals surface area contributed by atoms with Crippen molar-refractivity contribution in [1.29, 1.82) is 0 Å². The highest BCUT2D eigenvalue weighted by Gasteiger charge is 2.37. The summed E-state index contributed by atoms with van der Waals surface area (Å²) in [6.45, 7) is 2.84. The van der Waals surface area contributed by atoms with Gasteiger partial charge in [0.25, 0.3) is 5.91 Å². The number of nitrogen functional groups attached to an aromatic ring is 1. The molecule has 92 valence electrons. The minimum Gasteiger partial charge on any atom is -0.397 e. The van der Waals surface area contributed by atoms with Crippen molar-refractivity contribution in [3.8, 4) is 0 Å². The summed E-state index contributed by atoms with van der Waals surface area (Å²) in [5.74, 6) is -0.164. The smallest absolute Gasteiger partial charge is 0.251 e. The molecule has 1 saturated carbocycles. The number of hydrogen-bond acceptors (Lipinski definition) is 2. The predicted molar refractivity (Wildman–Crippen MR) is 70.5 cm³/mol. The van der Waals surface area contributed by atoms with Crippen molar-refractivity contribution in [2.24, 2.45) is 5.41 Å². The van der Waals surface area contributed by atoms with Gasteiger partial charge in [-0.25, -0.2) is 0 Å². The van der Waals surface area contributed by atoms with Gasteiger partial charge in [-0.15, -0.1) is 0 Å². The van der Waals surface area contributed by atoms with Crippen molar-refractivity contribution in [2.75, 3.05) is 12.3 Å². The number of amides is 1. The van der Waals surface area contributed by atoms with Gasteiger partial charge < -0.3 is 11.1 Å². The number of rotatable bonds is 3. The summed E-state index contributed by atoms with van der Waals surface area (Å²) >= 11 is 11.7. The van der Waals surface area contributed by atoms with Crippen molar-refractivity contribution in [2.45, 2.75) is 19.8 Å². The molecule has 1 aromatic rings. The summed E-state index contributed by atoms with van der Waals surface area (Å²) in [6.07, 6.45) is 2.33. The first-order valence-electron chi connectivity index (χ1n) is 5.44. The van der Waals surface area contributed by atoms with Crippen LogP contribution in [0.2, 0.25) is 10.0 Å². The van der Waals surface area contributed by atoms with Gasteiger partial charge in [0.15, 0.2) is 0 Å². The van der Waals surface area contributed by atoms with Crippen LogP contribution in [0.15, 0.2) is 12.1 Å². The molecule has 5 heteroatoms. The highest BCUT2D eigenvalue weighted by Crippen LogP contribution is 2.44. The summed E-state index contributed by atoms with van der Waals surface area (Å²) in [5, 5.41) is 3.47. The van der Waals surface area contributed by atoms with Crippen LogP contribution in [0.1, 0.15) is 30.1 Å². The number of carbonyl (C=O) groups excluding carboxylic acids is 1. The standard InChI is InChI=1S/C12H14Cl2N2O/c1-12(2-3-12)6-16-11(17)7-4-8(13)10(14)9(15)5-7/h4-5H,2-3,6,15H2,1H3,(H,16,17). The Morgan fingerprint density at radius 3 is 2.65 bits per heavy atom. The maximum Gasteiger partial charge on any atom is 0.251 e. The van der Waals surface area contributed by atoms with Crippen LogP contribution in [-0.4, -0.2) is 12.5 Å². The number of carbonyl (C=O) groups is 1. The number of nitrogens with two attached hydrogens (primary N) is 1. The molecule has 1 aliphatic carbocycles. The van der Waals surface area contributed by atoms with Crippen LogP contribution >= 0.6 is 23.2 Å². The average Bonchev–Trinajstić information content (AvgIpc) is 3.01. The summed E-state index contributed by atoms with van der Waals surface area (Å²) < 4.78 is 0. The van der Waals surface area contributed by atoms with E-state index in [1.807, 2.05) is 0 Å². The lowest BCUT2D eigenvalue weighted by Gasteiger charge is -2.11. The monoisotopic (exact) mass is 272 g/mol. The van der Waals surface area contributed by atoms with Crippen molar-refractivity contribution < 1.29 is 4.79 Å². The van der Waals surface area contributed by atoms with Gasteiger partial charge in [0.2, 0.25) is 0 Å². The van der Waals surface area contributed by atoms with Gasteiger partial charge in [0.05, 0.1) is 15.7 Å². The van der Waals surface area contributed by atoms with E-state index in [1.165, 1.54) is 6.07 Å². The van der Waals surface area contributed by atoms with Gasteiger partial charge in [-0.1, -0.05) is 30.1 Å². The van der Waals surface area contributed by atoms with E-state index in [2.05, 4.69) is 12.2 Å². The van der Waals surface area contributed by atoms with Gasteiger partial charge in [-0.05, 0) is 30.4 Å². The third-order valence-corrected chi connectivity index (χ3v) is 3.91. The molecule has 0 aliphatic heterocycles. The number of hydrogen-bond donors (Lipinski definition) is 2. The molecule has 1 amide bonds. The maximum atomic E-state index is 11.9.